The topological polar surface area (TPSA) is 27.0 Å². The van der Waals surface area contributed by atoms with Crippen LogP contribution in [0.1, 0.15) is 12.5 Å². The first-order valence-electron chi connectivity index (χ1n) is 4.51. The van der Waals surface area contributed by atoms with E-state index in [9.17, 15) is 0 Å². The lowest BCUT2D eigenvalue weighted by atomic mass is 10.2. The fourth-order valence-electron chi connectivity index (χ4n) is 1.32. The molecule has 0 bridgehead atoms. The lowest BCUT2D eigenvalue weighted by Crippen LogP contribution is -2.23. The van der Waals surface area contributed by atoms with Crippen molar-refractivity contribution >= 4 is 5.69 Å². The van der Waals surface area contributed by atoms with E-state index in [0.29, 0.717) is 12.1 Å². The third-order valence-corrected chi connectivity index (χ3v) is 2.03. The average Bonchev–Trinajstić information content (AvgIpc) is 2.26. The van der Waals surface area contributed by atoms with E-state index in [1.54, 1.807) is 6.07 Å². The van der Waals surface area contributed by atoms with E-state index in [1.807, 2.05) is 30.0 Å². The predicted octanol–water partition coefficient (Wildman–Crippen LogP) is 2.02. The molecule has 0 N–H and O–H groups in total. The van der Waals surface area contributed by atoms with Gasteiger partial charge in [0.15, 0.2) is 0 Å². The van der Waals surface area contributed by atoms with Gasteiger partial charge in [0.1, 0.15) is 6.07 Å². The van der Waals surface area contributed by atoms with Gasteiger partial charge in [-0.25, -0.2) is 0 Å². The molecule has 0 aliphatic heterocycles. The number of nitrogens with zero attached hydrogens (tertiary/aromatic N) is 2. The number of terminal acetylenes is 1. The predicted molar refractivity (Wildman–Crippen MR) is 57.9 cm³/mol. The van der Waals surface area contributed by atoms with Gasteiger partial charge in [-0.05, 0) is 19.1 Å². The third-order valence-electron chi connectivity index (χ3n) is 2.03. The highest BCUT2D eigenvalue weighted by molar-refractivity contribution is 5.59. The highest BCUT2D eigenvalue weighted by Crippen LogP contribution is 2.18. The van der Waals surface area contributed by atoms with Crippen molar-refractivity contribution in [1.82, 2.24) is 0 Å². The lowest BCUT2D eigenvalue weighted by molar-refractivity contribution is 0.916. The third kappa shape index (κ3) is 2.06. The van der Waals surface area contributed by atoms with Crippen LogP contribution >= 0.6 is 0 Å². The summed E-state index contributed by atoms with van der Waals surface area (Å²) >= 11 is 0. The SMILES string of the molecule is C#CCN(CC)c1ccccc1C#N. The van der Waals surface area contributed by atoms with E-state index in [-0.39, 0.29) is 0 Å². The normalized spacial score (nSPS) is 8.79. The van der Waals surface area contributed by atoms with Crippen molar-refractivity contribution in [3.05, 3.63) is 29.8 Å². The molecule has 0 aromatic heterocycles. The maximum atomic E-state index is 8.90. The number of nitriles is 1. The summed E-state index contributed by atoms with van der Waals surface area (Å²) in [6.45, 7) is 3.36. The number of para-hydroxylation sites is 1. The number of hydrogen-bond donors (Lipinski definition) is 0. The van der Waals surface area contributed by atoms with E-state index in [1.165, 1.54) is 0 Å². The molecule has 0 saturated carbocycles. The van der Waals surface area contributed by atoms with Crippen molar-refractivity contribution in [1.29, 1.82) is 5.26 Å². The van der Waals surface area contributed by atoms with Crippen LogP contribution in [0.4, 0.5) is 5.69 Å². The summed E-state index contributed by atoms with van der Waals surface area (Å²) in [4.78, 5) is 2.00. The summed E-state index contributed by atoms with van der Waals surface area (Å²) in [5.41, 5.74) is 1.58. The Labute approximate surface area is 84.8 Å². The molecule has 0 unspecified atom stereocenters. The Hall–Kier alpha value is -1.93. The standard InChI is InChI=1S/C12H12N2/c1-3-9-14(4-2)12-8-6-5-7-11(12)10-13/h1,5-8H,4,9H2,2H3. The van der Waals surface area contributed by atoms with Crippen molar-refractivity contribution in [2.45, 2.75) is 6.92 Å². The number of hydrogen-bond acceptors (Lipinski definition) is 2. The van der Waals surface area contributed by atoms with Crippen LogP contribution in [0.25, 0.3) is 0 Å². The van der Waals surface area contributed by atoms with Crippen LogP contribution in [0.15, 0.2) is 24.3 Å². The maximum absolute atomic E-state index is 8.90. The zero-order valence-electron chi connectivity index (χ0n) is 8.20. The summed E-state index contributed by atoms with van der Waals surface area (Å²) in [7, 11) is 0. The van der Waals surface area contributed by atoms with Crippen molar-refractivity contribution in [3.8, 4) is 18.4 Å². The molecule has 1 aromatic rings. The van der Waals surface area contributed by atoms with Gasteiger partial charge in [-0.1, -0.05) is 18.1 Å². The van der Waals surface area contributed by atoms with Crippen molar-refractivity contribution in [2.24, 2.45) is 0 Å². The molecule has 0 radical (unpaired) electrons. The number of rotatable bonds is 3. The van der Waals surface area contributed by atoms with Gasteiger partial charge in [0.25, 0.3) is 0 Å². The Bertz CT molecular complexity index is 382. The molecule has 0 atom stereocenters. The molecule has 0 spiro atoms. The number of benzene rings is 1. The Morgan fingerprint density at radius 3 is 2.71 bits per heavy atom. The molecule has 0 saturated heterocycles. The van der Waals surface area contributed by atoms with Crippen LogP contribution in [0.3, 0.4) is 0 Å². The van der Waals surface area contributed by atoms with Gasteiger partial charge in [-0.15, -0.1) is 6.42 Å². The van der Waals surface area contributed by atoms with Crippen LogP contribution in [-0.2, 0) is 0 Å². The molecule has 0 heterocycles. The molecule has 1 aromatic carbocycles. The second-order valence-corrected chi connectivity index (χ2v) is 2.85. The van der Waals surface area contributed by atoms with Gasteiger partial charge in [-0.3, -0.25) is 0 Å². The van der Waals surface area contributed by atoms with Crippen LogP contribution in [0.2, 0.25) is 0 Å². The summed E-state index contributed by atoms with van der Waals surface area (Å²) in [5.74, 6) is 2.59. The monoisotopic (exact) mass is 184 g/mol. The van der Waals surface area contributed by atoms with E-state index >= 15 is 0 Å². The Morgan fingerprint density at radius 1 is 1.43 bits per heavy atom. The van der Waals surface area contributed by atoms with Gasteiger partial charge in [0.2, 0.25) is 0 Å². The minimum atomic E-state index is 0.537. The molecule has 0 amide bonds. The molecule has 2 heteroatoms. The molecule has 0 fully saturated rings. The molecule has 70 valence electrons. The zero-order valence-corrected chi connectivity index (χ0v) is 8.20. The van der Waals surface area contributed by atoms with Crippen LogP contribution in [0.5, 0.6) is 0 Å². The number of anilines is 1. The highest BCUT2D eigenvalue weighted by Gasteiger charge is 2.06. The highest BCUT2D eigenvalue weighted by atomic mass is 15.1. The first-order chi connectivity index (χ1) is 6.83. The summed E-state index contributed by atoms with van der Waals surface area (Å²) in [6, 6.07) is 9.64. The van der Waals surface area contributed by atoms with E-state index in [2.05, 4.69) is 12.0 Å². The van der Waals surface area contributed by atoms with Crippen molar-refractivity contribution in [2.75, 3.05) is 18.0 Å². The largest absolute Gasteiger partial charge is 0.360 e. The van der Waals surface area contributed by atoms with Gasteiger partial charge in [-0.2, -0.15) is 5.26 Å². The summed E-state index contributed by atoms with van der Waals surface area (Å²) in [5, 5.41) is 8.90. The van der Waals surface area contributed by atoms with Crippen LogP contribution < -0.4 is 4.90 Å². The van der Waals surface area contributed by atoms with E-state index in [0.717, 1.165) is 12.2 Å². The summed E-state index contributed by atoms with van der Waals surface area (Å²) < 4.78 is 0. The minimum Gasteiger partial charge on any atom is -0.360 e. The second-order valence-electron chi connectivity index (χ2n) is 2.85. The second kappa shape index (κ2) is 4.94. The first kappa shape index (κ1) is 10.2. The first-order valence-corrected chi connectivity index (χ1v) is 4.51. The summed E-state index contributed by atoms with van der Waals surface area (Å²) in [6.07, 6.45) is 5.26. The van der Waals surface area contributed by atoms with Gasteiger partial charge < -0.3 is 4.90 Å². The van der Waals surface area contributed by atoms with Crippen molar-refractivity contribution in [3.63, 3.8) is 0 Å². The Balaban J connectivity index is 3.05. The molecule has 0 aliphatic rings. The molecule has 1 rings (SSSR count). The minimum absolute atomic E-state index is 0.537. The fraction of sp³-hybridized carbons (Fsp3) is 0.250. The molecule has 0 aliphatic carbocycles. The van der Waals surface area contributed by atoms with E-state index < -0.39 is 0 Å². The molecular weight excluding hydrogens is 172 g/mol. The van der Waals surface area contributed by atoms with Crippen LogP contribution in [-0.4, -0.2) is 13.1 Å². The van der Waals surface area contributed by atoms with Crippen molar-refractivity contribution < 1.29 is 0 Å². The van der Waals surface area contributed by atoms with Gasteiger partial charge in [0.05, 0.1) is 17.8 Å². The van der Waals surface area contributed by atoms with Gasteiger partial charge >= 0.3 is 0 Å². The fourth-order valence-corrected chi connectivity index (χ4v) is 1.32. The smallest absolute Gasteiger partial charge is 0.101 e. The van der Waals surface area contributed by atoms with E-state index in [4.69, 9.17) is 11.7 Å². The Kier molecular flexibility index (Phi) is 3.58. The quantitative estimate of drug-likeness (QED) is 0.672. The zero-order chi connectivity index (χ0) is 10.4. The molecule has 14 heavy (non-hydrogen) atoms. The molecular formula is C12H12N2. The molecule has 2 nitrogen and oxygen atoms in total. The lowest BCUT2D eigenvalue weighted by Gasteiger charge is -2.21. The van der Waals surface area contributed by atoms with Gasteiger partial charge in [0, 0.05) is 6.54 Å². The van der Waals surface area contributed by atoms with Crippen LogP contribution in [0, 0.1) is 23.7 Å². The maximum Gasteiger partial charge on any atom is 0.101 e. The average molecular weight is 184 g/mol. The Morgan fingerprint density at radius 2 is 2.14 bits per heavy atom.